The Kier molecular flexibility index (Phi) is 2.72. The monoisotopic (exact) mass is 195 g/mol. The van der Waals surface area contributed by atoms with E-state index in [0.717, 1.165) is 0 Å². The van der Waals surface area contributed by atoms with E-state index in [1.54, 1.807) is 30.5 Å². The van der Waals surface area contributed by atoms with Gasteiger partial charge in [0.2, 0.25) is 5.69 Å². The zero-order valence-corrected chi connectivity index (χ0v) is 8.05. The molecule has 0 spiro atoms. The molecule has 0 fully saturated rings. The standard InChI is InChI=1S/C13H9NO/c15-13(11-6-2-1-3-7-11)10-12-8-4-5-9-14-12/h1-9H. The second kappa shape index (κ2) is 4.36. The molecule has 0 unspecified atom stereocenters. The van der Waals surface area contributed by atoms with Crippen molar-refractivity contribution in [1.82, 2.24) is 4.98 Å². The highest BCUT2D eigenvalue weighted by Gasteiger charge is 2.00. The zero-order chi connectivity index (χ0) is 10.5. The molecule has 1 aromatic heterocycles. The smallest absolute Gasteiger partial charge is 0.226 e. The van der Waals surface area contributed by atoms with Gasteiger partial charge < -0.3 is 5.11 Å². The summed E-state index contributed by atoms with van der Waals surface area (Å²) in [5.41, 5.74) is 1.19. The molecule has 0 saturated heterocycles. The van der Waals surface area contributed by atoms with E-state index in [1.165, 1.54) is 0 Å². The van der Waals surface area contributed by atoms with Gasteiger partial charge in [0.15, 0.2) is 0 Å². The van der Waals surface area contributed by atoms with Crippen molar-refractivity contribution in [1.29, 1.82) is 0 Å². The van der Waals surface area contributed by atoms with Crippen LogP contribution in [0.25, 0.3) is 5.76 Å². The summed E-state index contributed by atoms with van der Waals surface area (Å²) in [6.45, 7) is 0. The Morgan fingerprint density at radius 2 is 1.73 bits per heavy atom. The van der Waals surface area contributed by atoms with E-state index in [-0.39, 0.29) is 5.76 Å². The zero-order valence-electron chi connectivity index (χ0n) is 8.05. The average molecular weight is 195 g/mol. The number of rotatable bonds is 2. The van der Waals surface area contributed by atoms with E-state index in [9.17, 15) is 5.11 Å². The van der Waals surface area contributed by atoms with Crippen LogP contribution in [0.5, 0.6) is 0 Å². The van der Waals surface area contributed by atoms with Crippen molar-refractivity contribution in [2.24, 2.45) is 0 Å². The van der Waals surface area contributed by atoms with Crippen LogP contribution >= 0.6 is 0 Å². The molecule has 2 nitrogen and oxygen atoms in total. The Morgan fingerprint density at radius 1 is 1.00 bits per heavy atom. The first kappa shape index (κ1) is 9.38. The van der Waals surface area contributed by atoms with Crippen molar-refractivity contribution in [2.75, 3.05) is 0 Å². The van der Waals surface area contributed by atoms with Crippen molar-refractivity contribution in [3.8, 4) is 0 Å². The highest BCUT2D eigenvalue weighted by atomic mass is 16.3. The van der Waals surface area contributed by atoms with E-state index >= 15 is 0 Å². The van der Waals surface area contributed by atoms with E-state index in [0.29, 0.717) is 11.3 Å². The van der Waals surface area contributed by atoms with Crippen molar-refractivity contribution in [3.63, 3.8) is 0 Å². The molecule has 2 rings (SSSR count). The first-order valence-corrected chi connectivity index (χ1v) is 4.64. The Bertz CT molecular complexity index is 448. The van der Waals surface area contributed by atoms with Gasteiger partial charge in [0.1, 0.15) is 0 Å². The molecular weight excluding hydrogens is 186 g/mol. The minimum Gasteiger partial charge on any atom is -0.845 e. The van der Waals surface area contributed by atoms with E-state index in [1.807, 2.05) is 24.3 Å². The summed E-state index contributed by atoms with van der Waals surface area (Å²) >= 11 is 0. The molecule has 1 aromatic carbocycles. The molecule has 0 radical (unpaired) electrons. The summed E-state index contributed by atoms with van der Waals surface area (Å²) in [7, 11) is 0. The Labute approximate surface area is 88.5 Å². The summed E-state index contributed by atoms with van der Waals surface area (Å²) in [6, 6.07) is 14.4. The van der Waals surface area contributed by atoms with Crippen molar-refractivity contribution >= 4 is 5.76 Å². The highest BCUT2D eigenvalue weighted by Crippen LogP contribution is 2.08. The lowest BCUT2D eigenvalue weighted by molar-refractivity contribution is -0.244. The first-order chi connectivity index (χ1) is 7.36. The molecule has 0 amide bonds. The number of pyridine rings is 1. The molecule has 1 heterocycles. The van der Waals surface area contributed by atoms with Crippen LogP contribution in [0.3, 0.4) is 0 Å². The van der Waals surface area contributed by atoms with E-state index in [2.05, 4.69) is 11.1 Å². The molecule has 0 aliphatic carbocycles. The summed E-state index contributed by atoms with van der Waals surface area (Å²) in [6.07, 6.45) is 4.35. The fraction of sp³-hybridized carbons (Fsp3) is 0. The molecule has 2 aromatic rings. The fourth-order valence-electron chi connectivity index (χ4n) is 1.21. The van der Waals surface area contributed by atoms with Gasteiger partial charge in [-0.15, -0.1) is 0 Å². The van der Waals surface area contributed by atoms with Crippen LogP contribution in [0.1, 0.15) is 11.3 Å². The number of benzene rings is 1. The molecule has 72 valence electrons. The van der Waals surface area contributed by atoms with Crippen LogP contribution in [-0.4, -0.2) is 4.98 Å². The first-order valence-electron chi connectivity index (χ1n) is 4.64. The molecule has 2 heteroatoms. The van der Waals surface area contributed by atoms with Crippen LogP contribution in [0.4, 0.5) is 0 Å². The third kappa shape index (κ3) is 2.39. The van der Waals surface area contributed by atoms with Gasteiger partial charge in [0.25, 0.3) is 0 Å². The van der Waals surface area contributed by atoms with Gasteiger partial charge in [-0.25, -0.2) is 4.98 Å². The Hall–Kier alpha value is -2.18. The lowest BCUT2D eigenvalue weighted by Gasteiger charge is -2.01. The van der Waals surface area contributed by atoms with Gasteiger partial charge in [-0.1, -0.05) is 6.07 Å². The maximum absolute atomic E-state index is 11.7. The average Bonchev–Trinajstić information content (AvgIpc) is 2.31. The largest absolute Gasteiger partial charge is 0.845 e. The quantitative estimate of drug-likeness (QED) is 0.539. The van der Waals surface area contributed by atoms with Gasteiger partial charge in [-0.3, -0.25) is 0 Å². The normalized spacial score (nSPS) is 10.8. The van der Waals surface area contributed by atoms with Gasteiger partial charge in [0.05, 0.1) is 23.5 Å². The van der Waals surface area contributed by atoms with Crippen LogP contribution < -0.4 is 5.11 Å². The summed E-state index contributed by atoms with van der Waals surface area (Å²) in [5, 5.41) is 11.7. The van der Waals surface area contributed by atoms with Crippen LogP contribution in [-0.2, 0) is 0 Å². The Morgan fingerprint density at radius 3 is 2.40 bits per heavy atom. The predicted molar refractivity (Wildman–Crippen MR) is 56.4 cm³/mol. The summed E-state index contributed by atoms with van der Waals surface area (Å²) in [5.74, 6) is -0.144. The molecule has 0 aliphatic rings. The molecular formula is C13H9NO. The fourth-order valence-corrected chi connectivity index (χ4v) is 1.21. The van der Waals surface area contributed by atoms with Gasteiger partial charge in [-0.2, -0.15) is 0 Å². The lowest BCUT2D eigenvalue weighted by atomic mass is 10.1. The van der Waals surface area contributed by atoms with Crippen molar-refractivity contribution < 1.29 is 5.11 Å². The highest BCUT2D eigenvalue weighted by molar-refractivity contribution is 5.56. The van der Waals surface area contributed by atoms with Gasteiger partial charge >= 0.3 is 0 Å². The van der Waals surface area contributed by atoms with E-state index in [4.69, 9.17) is 0 Å². The van der Waals surface area contributed by atoms with Crippen molar-refractivity contribution in [3.05, 3.63) is 72.1 Å². The van der Waals surface area contributed by atoms with E-state index < -0.39 is 0 Å². The third-order valence-corrected chi connectivity index (χ3v) is 1.94. The summed E-state index contributed by atoms with van der Waals surface area (Å²) < 4.78 is 0. The maximum atomic E-state index is 11.7. The number of aromatic nitrogens is 1. The molecule has 0 bridgehead atoms. The third-order valence-electron chi connectivity index (χ3n) is 1.94. The topological polar surface area (TPSA) is 36.0 Å². The predicted octanol–water partition coefficient (Wildman–Crippen LogP) is 1.63. The Balaban J connectivity index is 2.29. The molecule has 0 aliphatic heterocycles. The van der Waals surface area contributed by atoms with Crippen molar-refractivity contribution in [2.45, 2.75) is 0 Å². The second-order valence-corrected chi connectivity index (χ2v) is 3.04. The minimum absolute atomic E-state index is 0.144. The maximum Gasteiger partial charge on any atom is 0.226 e. The van der Waals surface area contributed by atoms with Crippen LogP contribution in [0, 0.1) is 6.08 Å². The minimum atomic E-state index is -0.144. The van der Waals surface area contributed by atoms with Gasteiger partial charge in [-0.05, 0) is 24.3 Å². The lowest BCUT2D eigenvalue weighted by Crippen LogP contribution is -2.02. The summed E-state index contributed by atoms with van der Waals surface area (Å²) in [4.78, 5) is 4.01. The number of hydrogen-bond donors (Lipinski definition) is 0. The second-order valence-electron chi connectivity index (χ2n) is 3.04. The molecule has 0 saturated carbocycles. The molecule has 0 atom stereocenters. The molecule has 0 N–H and O–H groups in total. The van der Waals surface area contributed by atoms with Gasteiger partial charge in [0, 0.05) is 18.3 Å². The number of nitrogens with zero attached hydrogens (tertiary/aromatic N) is 1. The molecule has 15 heavy (non-hydrogen) atoms. The van der Waals surface area contributed by atoms with Crippen LogP contribution in [0.15, 0.2) is 54.7 Å². The van der Waals surface area contributed by atoms with Crippen LogP contribution in [0.2, 0.25) is 0 Å². The SMILES string of the molecule is [O-]C(=[C+]c1ccccn1)c1ccccc1. The number of hydrogen-bond acceptors (Lipinski definition) is 2.